The molecule has 9 heteroatoms. The number of hydrogen-bond acceptors (Lipinski definition) is 5. The number of nitrogens with one attached hydrogen (secondary N) is 1. The fraction of sp³-hybridized carbons (Fsp3) is 0.846. The van der Waals surface area contributed by atoms with Gasteiger partial charge in [0.1, 0.15) is 12.2 Å². The van der Waals surface area contributed by atoms with E-state index in [4.69, 9.17) is 5.26 Å². The van der Waals surface area contributed by atoms with Gasteiger partial charge in [-0.2, -0.15) is 9.57 Å². The predicted molar refractivity (Wildman–Crippen MR) is 78.0 cm³/mol. The molecule has 0 aromatic carbocycles. The van der Waals surface area contributed by atoms with Gasteiger partial charge in [0.05, 0.1) is 24.4 Å². The zero-order chi connectivity index (χ0) is 16.5. The summed E-state index contributed by atoms with van der Waals surface area (Å²) in [6, 6.07) is 1.14. The van der Waals surface area contributed by atoms with Gasteiger partial charge in [-0.15, -0.1) is 0 Å². The maximum atomic E-state index is 13.3. The summed E-state index contributed by atoms with van der Waals surface area (Å²) in [5, 5.41) is 11.4. The van der Waals surface area contributed by atoms with Crippen molar-refractivity contribution < 1.29 is 17.6 Å². The minimum atomic E-state index is -3.24. The summed E-state index contributed by atoms with van der Waals surface area (Å²) >= 11 is 0. The molecule has 0 unspecified atom stereocenters. The number of halogens is 1. The first kappa shape index (κ1) is 17.1. The molecule has 2 heterocycles. The Morgan fingerprint density at radius 2 is 2.05 bits per heavy atom. The number of nitrogens with zero attached hydrogens (tertiary/aromatic N) is 3. The first-order valence-corrected chi connectivity index (χ1v) is 8.81. The van der Waals surface area contributed by atoms with Crippen molar-refractivity contribution in [2.24, 2.45) is 0 Å². The van der Waals surface area contributed by atoms with E-state index in [0.29, 0.717) is 13.1 Å². The molecule has 1 N–H and O–H groups in total. The van der Waals surface area contributed by atoms with E-state index in [2.05, 4.69) is 5.32 Å². The predicted octanol–water partition coefficient (Wildman–Crippen LogP) is -0.539. The fourth-order valence-corrected chi connectivity index (χ4v) is 3.96. The molecule has 0 aliphatic carbocycles. The van der Waals surface area contributed by atoms with E-state index in [9.17, 15) is 17.6 Å². The molecule has 0 spiro atoms. The lowest BCUT2D eigenvalue weighted by molar-refractivity contribution is -0.130. The van der Waals surface area contributed by atoms with Gasteiger partial charge >= 0.3 is 0 Å². The summed E-state index contributed by atoms with van der Waals surface area (Å²) in [5.41, 5.74) is 0. The molecule has 0 radical (unpaired) electrons. The van der Waals surface area contributed by atoms with Crippen molar-refractivity contribution in [1.82, 2.24) is 14.5 Å². The van der Waals surface area contributed by atoms with Crippen molar-refractivity contribution in [3.05, 3.63) is 0 Å². The Hall–Kier alpha value is -1.24. The highest BCUT2D eigenvalue weighted by Gasteiger charge is 2.39. The Labute approximate surface area is 130 Å². The summed E-state index contributed by atoms with van der Waals surface area (Å²) < 4.78 is 38.4. The van der Waals surface area contributed by atoms with Crippen LogP contribution in [0.5, 0.6) is 0 Å². The van der Waals surface area contributed by atoms with Crippen LogP contribution >= 0.6 is 0 Å². The molecule has 2 saturated heterocycles. The van der Waals surface area contributed by atoms with Gasteiger partial charge in [-0.1, -0.05) is 0 Å². The lowest BCUT2D eigenvalue weighted by Gasteiger charge is -2.39. The highest BCUT2D eigenvalue weighted by atomic mass is 32.2. The second kappa shape index (κ2) is 6.48. The highest BCUT2D eigenvalue weighted by Crippen LogP contribution is 2.20. The standard InChI is InChI=1S/C13H21FN4O3S/c1-9(2)22(20,21)17-7-11(8-17)16-5-13(19)18-6-10(14)3-12(18)4-15/h9-12,16H,3,5-8H2,1-2H3/t10-,12-/m0/s1. The SMILES string of the molecule is CC(C)S(=O)(=O)N1CC(NCC(=O)N2C[C@@H](F)C[C@H]2C#N)C1. The maximum absolute atomic E-state index is 13.3. The van der Waals surface area contributed by atoms with Crippen LogP contribution < -0.4 is 5.32 Å². The summed E-state index contributed by atoms with van der Waals surface area (Å²) in [6.45, 7) is 3.87. The van der Waals surface area contributed by atoms with Crippen LogP contribution in [0.25, 0.3) is 0 Å². The van der Waals surface area contributed by atoms with Gasteiger partial charge in [-0.05, 0) is 13.8 Å². The quantitative estimate of drug-likeness (QED) is 0.730. The van der Waals surface area contributed by atoms with Gasteiger partial charge in [0.25, 0.3) is 0 Å². The molecule has 1 amide bonds. The molecule has 124 valence electrons. The number of hydrogen-bond donors (Lipinski definition) is 1. The van der Waals surface area contributed by atoms with Gasteiger partial charge in [-0.3, -0.25) is 4.79 Å². The van der Waals surface area contributed by atoms with E-state index in [0.717, 1.165) is 0 Å². The number of alkyl halides is 1. The third-order valence-corrected chi connectivity index (χ3v) is 6.27. The lowest BCUT2D eigenvalue weighted by atomic mass is 10.2. The third kappa shape index (κ3) is 3.39. The molecule has 2 fully saturated rings. The van der Waals surface area contributed by atoms with Crippen molar-refractivity contribution in [3.63, 3.8) is 0 Å². The number of likely N-dealkylation sites (tertiary alicyclic amines) is 1. The second-order valence-electron chi connectivity index (χ2n) is 6.01. The number of rotatable bonds is 5. The second-order valence-corrected chi connectivity index (χ2v) is 8.50. The largest absolute Gasteiger partial charge is 0.323 e. The smallest absolute Gasteiger partial charge is 0.237 e. The molecule has 2 aliphatic rings. The van der Waals surface area contributed by atoms with Gasteiger partial charge in [0, 0.05) is 25.6 Å². The Bertz CT molecular complexity index is 568. The van der Waals surface area contributed by atoms with Crippen LogP contribution in [0.15, 0.2) is 0 Å². The van der Waals surface area contributed by atoms with Crippen molar-refractivity contribution >= 4 is 15.9 Å². The summed E-state index contributed by atoms with van der Waals surface area (Å²) in [5.74, 6) is -0.322. The summed E-state index contributed by atoms with van der Waals surface area (Å²) in [7, 11) is -3.24. The molecule has 2 rings (SSSR count). The van der Waals surface area contributed by atoms with E-state index in [1.54, 1.807) is 13.8 Å². The molecule has 0 saturated carbocycles. The highest BCUT2D eigenvalue weighted by molar-refractivity contribution is 7.89. The van der Waals surface area contributed by atoms with Crippen LogP contribution in [0, 0.1) is 11.3 Å². The maximum Gasteiger partial charge on any atom is 0.237 e. The van der Waals surface area contributed by atoms with Crippen LogP contribution in [-0.2, 0) is 14.8 Å². The molecule has 2 atom stereocenters. The van der Waals surface area contributed by atoms with E-state index in [1.165, 1.54) is 9.21 Å². The van der Waals surface area contributed by atoms with Crippen LogP contribution in [0.3, 0.4) is 0 Å². The monoisotopic (exact) mass is 332 g/mol. The Morgan fingerprint density at radius 1 is 1.41 bits per heavy atom. The van der Waals surface area contributed by atoms with Crippen molar-refractivity contribution in [1.29, 1.82) is 5.26 Å². The number of carbonyl (C=O) groups is 1. The van der Waals surface area contributed by atoms with Crippen LogP contribution in [0.4, 0.5) is 4.39 Å². The van der Waals surface area contributed by atoms with Crippen LogP contribution in [-0.4, -0.2) is 73.2 Å². The number of nitriles is 1. The van der Waals surface area contributed by atoms with Crippen molar-refractivity contribution in [2.45, 2.75) is 43.8 Å². The molecule has 0 bridgehead atoms. The zero-order valence-electron chi connectivity index (χ0n) is 12.7. The first-order chi connectivity index (χ1) is 10.3. The normalized spacial score (nSPS) is 27.0. The minimum absolute atomic E-state index is 0.00880. The minimum Gasteiger partial charge on any atom is -0.323 e. The van der Waals surface area contributed by atoms with E-state index in [-0.39, 0.29) is 31.5 Å². The molecule has 2 aliphatic heterocycles. The third-order valence-electron chi connectivity index (χ3n) is 4.07. The molecule has 22 heavy (non-hydrogen) atoms. The molecule has 0 aromatic heterocycles. The lowest BCUT2D eigenvalue weighted by Crippen LogP contribution is -2.62. The van der Waals surface area contributed by atoms with Gasteiger partial charge in [-0.25, -0.2) is 12.8 Å². The van der Waals surface area contributed by atoms with Crippen molar-refractivity contribution in [3.8, 4) is 6.07 Å². The first-order valence-electron chi connectivity index (χ1n) is 7.31. The Balaban J connectivity index is 1.77. The Morgan fingerprint density at radius 3 is 2.59 bits per heavy atom. The van der Waals surface area contributed by atoms with Gasteiger partial charge in [0.2, 0.25) is 15.9 Å². The topological polar surface area (TPSA) is 93.5 Å². The van der Waals surface area contributed by atoms with Crippen LogP contribution in [0.2, 0.25) is 0 Å². The van der Waals surface area contributed by atoms with E-state index < -0.39 is 27.5 Å². The fourth-order valence-electron chi connectivity index (χ4n) is 2.59. The Kier molecular flexibility index (Phi) is 5.04. The summed E-state index contributed by atoms with van der Waals surface area (Å²) in [4.78, 5) is 13.3. The van der Waals surface area contributed by atoms with Gasteiger partial charge < -0.3 is 10.2 Å². The van der Waals surface area contributed by atoms with Gasteiger partial charge in [0.15, 0.2) is 0 Å². The molecular formula is C13H21FN4O3S. The zero-order valence-corrected chi connectivity index (χ0v) is 13.5. The van der Waals surface area contributed by atoms with Crippen molar-refractivity contribution in [2.75, 3.05) is 26.2 Å². The molecule has 0 aromatic rings. The number of sulfonamides is 1. The van der Waals surface area contributed by atoms with Crippen LogP contribution in [0.1, 0.15) is 20.3 Å². The average Bonchev–Trinajstić information content (AvgIpc) is 2.77. The molecule has 7 nitrogen and oxygen atoms in total. The van der Waals surface area contributed by atoms with E-state index >= 15 is 0 Å². The average molecular weight is 332 g/mol. The molecular weight excluding hydrogens is 311 g/mol. The number of amides is 1. The number of carbonyl (C=O) groups excluding carboxylic acids is 1. The van der Waals surface area contributed by atoms with E-state index in [1.807, 2.05) is 6.07 Å². The summed E-state index contributed by atoms with van der Waals surface area (Å²) in [6.07, 6.45) is -1.09.